The fourth-order valence-corrected chi connectivity index (χ4v) is 3.15. The molecule has 136 valence electrons. The van der Waals surface area contributed by atoms with Crippen molar-refractivity contribution in [3.05, 3.63) is 94.2 Å². The minimum Gasteiger partial charge on any atom is -0.379 e. The van der Waals surface area contributed by atoms with Crippen molar-refractivity contribution in [1.82, 2.24) is 14.1 Å². The zero-order valence-electron chi connectivity index (χ0n) is 14.3. The Balaban J connectivity index is 1.82. The molecule has 0 saturated heterocycles. The summed E-state index contributed by atoms with van der Waals surface area (Å²) in [6, 6.07) is 12.6. The number of hydrogen-bond acceptors (Lipinski definition) is 3. The Morgan fingerprint density at radius 2 is 1.70 bits per heavy atom. The predicted molar refractivity (Wildman–Crippen MR) is 99.4 cm³/mol. The van der Waals surface area contributed by atoms with E-state index in [1.807, 2.05) is 10.6 Å². The maximum Gasteiger partial charge on any atom is 0.293 e. The Kier molecular flexibility index (Phi) is 4.19. The third kappa shape index (κ3) is 3.31. The van der Waals surface area contributed by atoms with Gasteiger partial charge >= 0.3 is 0 Å². The third-order valence-corrected chi connectivity index (χ3v) is 4.48. The van der Waals surface area contributed by atoms with E-state index in [1.165, 1.54) is 35.0 Å². The molecule has 0 aliphatic heterocycles. The van der Waals surface area contributed by atoms with Gasteiger partial charge in [0.25, 0.3) is 5.56 Å². The van der Waals surface area contributed by atoms with Gasteiger partial charge in [0.1, 0.15) is 11.6 Å². The van der Waals surface area contributed by atoms with Crippen LogP contribution in [0.2, 0.25) is 0 Å². The second-order valence-corrected chi connectivity index (χ2v) is 6.30. The number of rotatable bonds is 4. The molecule has 2 aromatic heterocycles. The molecule has 4 aromatic rings. The van der Waals surface area contributed by atoms with E-state index < -0.39 is 0 Å². The van der Waals surface area contributed by atoms with Gasteiger partial charge in [0.2, 0.25) is 0 Å². The average Bonchev–Trinajstić information content (AvgIpc) is 2.97. The summed E-state index contributed by atoms with van der Waals surface area (Å²) in [4.78, 5) is 16.0. The Labute approximate surface area is 153 Å². The van der Waals surface area contributed by atoms with E-state index in [1.54, 1.807) is 24.4 Å². The summed E-state index contributed by atoms with van der Waals surface area (Å²) in [5, 5.41) is 0.724. The minimum absolute atomic E-state index is 0.0789. The molecule has 7 heteroatoms. The molecular weight excluding hydrogens is 350 g/mol. The van der Waals surface area contributed by atoms with Gasteiger partial charge < -0.3 is 14.9 Å². The van der Waals surface area contributed by atoms with E-state index in [-0.39, 0.29) is 29.6 Å². The molecule has 2 N–H and O–H groups in total. The highest BCUT2D eigenvalue weighted by Gasteiger charge is 2.12. The summed E-state index contributed by atoms with van der Waals surface area (Å²) in [5.74, 6) is -0.722. The van der Waals surface area contributed by atoms with Crippen molar-refractivity contribution >= 4 is 16.7 Å². The molecule has 2 heterocycles. The number of benzene rings is 2. The zero-order chi connectivity index (χ0) is 19.0. The van der Waals surface area contributed by atoms with Crippen molar-refractivity contribution in [1.29, 1.82) is 0 Å². The lowest BCUT2D eigenvalue weighted by atomic mass is 10.2. The predicted octanol–water partition coefficient (Wildman–Crippen LogP) is 3.16. The zero-order valence-corrected chi connectivity index (χ0v) is 14.3. The Morgan fingerprint density at radius 1 is 0.963 bits per heavy atom. The quantitative estimate of drug-likeness (QED) is 0.603. The molecule has 0 saturated carbocycles. The molecule has 0 amide bonds. The molecule has 0 atom stereocenters. The fourth-order valence-electron chi connectivity index (χ4n) is 3.15. The average molecular weight is 366 g/mol. The van der Waals surface area contributed by atoms with Crippen LogP contribution in [0.1, 0.15) is 11.3 Å². The Bertz CT molecular complexity index is 1180. The van der Waals surface area contributed by atoms with Crippen LogP contribution in [0.5, 0.6) is 0 Å². The summed E-state index contributed by atoms with van der Waals surface area (Å²) in [6.07, 6.45) is 3.02. The summed E-state index contributed by atoms with van der Waals surface area (Å²) in [5.41, 5.74) is 7.74. The molecule has 4 rings (SSSR count). The van der Waals surface area contributed by atoms with E-state index >= 15 is 0 Å². The normalized spacial score (nSPS) is 11.2. The Morgan fingerprint density at radius 3 is 2.48 bits per heavy atom. The van der Waals surface area contributed by atoms with E-state index in [4.69, 9.17) is 5.73 Å². The van der Waals surface area contributed by atoms with Gasteiger partial charge in [-0.25, -0.2) is 13.8 Å². The first-order chi connectivity index (χ1) is 13.0. The van der Waals surface area contributed by atoms with Gasteiger partial charge in [0.15, 0.2) is 5.82 Å². The summed E-state index contributed by atoms with van der Waals surface area (Å²) >= 11 is 0. The van der Waals surface area contributed by atoms with Gasteiger partial charge in [-0.1, -0.05) is 12.1 Å². The van der Waals surface area contributed by atoms with E-state index in [0.29, 0.717) is 6.54 Å². The first-order valence-electron chi connectivity index (χ1n) is 8.34. The number of nitrogens with zero attached hydrogens (tertiary/aromatic N) is 3. The van der Waals surface area contributed by atoms with Crippen molar-refractivity contribution < 1.29 is 8.78 Å². The van der Waals surface area contributed by atoms with E-state index in [9.17, 15) is 13.6 Å². The first kappa shape index (κ1) is 17.0. The van der Waals surface area contributed by atoms with Gasteiger partial charge in [-0.05, 0) is 42.0 Å². The monoisotopic (exact) mass is 366 g/mol. The number of anilines is 1. The van der Waals surface area contributed by atoms with Crippen LogP contribution in [0.25, 0.3) is 10.9 Å². The van der Waals surface area contributed by atoms with Crippen molar-refractivity contribution in [3.63, 3.8) is 0 Å². The minimum atomic E-state index is -0.387. The van der Waals surface area contributed by atoms with Crippen LogP contribution in [-0.4, -0.2) is 14.1 Å². The van der Waals surface area contributed by atoms with E-state index in [2.05, 4.69) is 4.98 Å². The number of nitrogens with two attached hydrogens (primary N) is 1. The number of aromatic nitrogens is 3. The van der Waals surface area contributed by atoms with Gasteiger partial charge in [0, 0.05) is 35.5 Å². The lowest BCUT2D eigenvalue weighted by Crippen LogP contribution is -2.24. The van der Waals surface area contributed by atoms with Crippen LogP contribution in [0.3, 0.4) is 0 Å². The molecule has 0 spiro atoms. The largest absolute Gasteiger partial charge is 0.379 e. The topological polar surface area (TPSA) is 65.8 Å². The van der Waals surface area contributed by atoms with Crippen LogP contribution in [0.15, 0.2) is 65.7 Å². The number of nitrogen functional groups attached to an aromatic ring is 1. The van der Waals surface area contributed by atoms with Crippen LogP contribution in [0, 0.1) is 11.6 Å². The van der Waals surface area contributed by atoms with Gasteiger partial charge in [0.05, 0.1) is 6.54 Å². The van der Waals surface area contributed by atoms with Crippen LogP contribution in [0.4, 0.5) is 14.6 Å². The molecule has 0 bridgehead atoms. The second-order valence-electron chi connectivity index (χ2n) is 6.30. The van der Waals surface area contributed by atoms with Gasteiger partial charge in [-0.3, -0.25) is 4.79 Å². The van der Waals surface area contributed by atoms with Crippen molar-refractivity contribution in [3.8, 4) is 0 Å². The molecule has 27 heavy (non-hydrogen) atoms. The highest BCUT2D eigenvalue weighted by atomic mass is 19.1. The number of hydrogen-bond donors (Lipinski definition) is 1. The lowest BCUT2D eigenvalue weighted by molar-refractivity contribution is 0.625. The second kappa shape index (κ2) is 6.68. The summed E-state index contributed by atoms with van der Waals surface area (Å²) < 4.78 is 30.3. The van der Waals surface area contributed by atoms with Crippen LogP contribution >= 0.6 is 0 Å². The van der Waals surface area contributed by atoms with Crippen molar-refractivity contribution in [2.75, 3.05) is 5.73 Å². The maximum atomic E-state index is 13.7. The van der Waals surface area contributed by atoms with Crippen LogP contribution < -0.4 is 11.3 Å². The maximum absolute atomic E-state index is 13.7. The van der Waals surface area contributed by atoms with Crippen molar-refractivity contribution in [2.24, 2.45) is 0 Å². The van der Waals surface area contributed by atoms with Crippen LogP contribution in [-0.2, 0) is 13.1 Å². The Hall–Kier alpha value is -3.48. The highest BCUT2D eigenvalue weighted by Crippen LogP contribution is 2.23. The molecule has 5 nitrogen and oxygen atoms in total. The molecule has 0 aliphatic rings. The van der Waals surface area contributed by atoms with Crippen molar-refractivity contribution in [2.45, 2.75) is 13.1 Å². The fraction of sp³-hybridized carbons (Fsp3) is 0.100. The highest BCUT2D eigenvalue weighted by molar-refractivity contribution is 5.81. The first-order valence-corrected chi connectivity index (χ1v) is 8.34. The molecule has 0 radical (unpaired) electrons. The summed E-state index contributed by atoms with van der Waals surface area (Å²) in [6.45, 7) is 0.711. The standard InChI is InChI=1S/C20H16F2N4O/c21-15-3-1-13(2-4-15)11-26-17(10-14-9-16(22)5-6-18(14)26)12-25-8-7-24-19(23)20(25)27/h1-10H,11-12H2,(H2,23,24). The smallest absolute Gasteiger partial charge is 0.293 e. The lowest BCUT2D eigenvalue weighted by Gasteiger charge is -2.13. The van der Waals surface area contributed by atoms with Gasteiger partial charge in [-0.2, -0.15) is 0 Å². The molecular formula is C20H16F2N4O. The van der Waals surface area contributed by atoms with E-state index in [0.717, 1.165) is 22.2 Å². The molecule has 0 aliphatic carbocycles. The third-order valence-electron chi connectivity index (χ3n) is 4.48. The molecule has 0 fully saturated rings. The number of halogens is 2. The molecule has 2 aromatic carbocycles. The number of fused-ring (bicyclic) bond motifs is 1. The summed E-state index contributed by atoms with van der Waals surface area (Å²) in [7, 11) is 0. The SMILES string of the molecule is Nc1nccn(Cc2cc3cc(F)ccc3n2Cc2ccc(F)cc2)c1=O. The molecule has 0 unspecified atom stereocenters. The van der Waals surface area contributed by atoms with Gasteiger partial charge in [-0.15, -0.1) is 0 Å².